The summed E-state index contributed by atoms with van der Waals surface area (Å²) < 4.78 is 14.2. The highest BCUT2D eigenvalue weighted by Gasteiger charge is 2.51. The first kappa shape index (κ1) is 21.0. The Hall–Kier alpha value is -2.73. The SMILES string of the molecule is CC(=O)N1[C@H](CO)[C@H](c2ccccc2)[C@@H]1CN(C(=O)c1ccccc1F)C(C)C. The van der Waals surface area contributed by atoms with Crippen LogP contribution in [-0.4, -0.2) is 58.0 Å². The summed E-state index contributed by atoms with van der Waals surface area (Å²) in [6, 6.07) is 14.8. The average molecular weight is 398 g/mol. The third kappa shape index (κ3) is 4.03. The molecule has 29 heavy (non-hydrogen) atoms. The molecule has 6 heteroatoms. The van der Waals surface area contributed by atoms with E-state index in [1.807, 2.05) is 44.2 Å². The van der Waals surface area contributed by atoms with Crippen LogP contribution in [0, 0.1) is 5.82 Å². The van der Waals surface area contributed by atoms with E-state index in [-0.39, 0.29) is 48.7 Å². The minimum absolute atomic E-state index is 0.0184. The highest BCUT2D eigenvalue weighted by atomic mass is 19.1. The average Bonchev–Trinajstić information content (AvgIpc) is 2.67. The van der Waals surface area contributed by atoms with Crippen molar-refractivity contribution in [3.05, 3.63) is 71.5 Å². The molecule has 1 fully saturated rings. The molecule has 0 unspecified atom stereocenters. The molecular weight excluding hydrogens is 371 g/mol. The van der Waals surface area contributed by atoms with Gasteiger partial charge in [-0.3, -0.25) is 9.59 Å². The van der Waals surface area contributed by atoms with E-state index in [1.165, 1.54) is 19.1 Å². The Morgan fingerprint density at radius 2 is 1.69 bits per heavy atom. The van der Waals surface area contributed by atoms with Gasteiger partial charge in [0.2, 0.25) is 5.91 Å². The minimum Gasteiger partial charge on any atom is -0.394 e. The summed E-state index contributed by atoms with van der Waals surface area (Å²) in [6.07, 6.45) is 0. The number of aliphatic hydroxyl groups is 1. The van der Waals surface area contributed by atoms with Gasteiger partial charge in [0.15, 0.2) is 0 Å². The molecule has 3 rings (SSSR count). The molecule has 2 aromatic rings. The molecule has 0 aromatic heterocycles. The van der Waals surface area contributed by atoms with Gasteiger partial charge in [-0.2, -0.15) is 0 Å². The van der Waals surface area contributed by atoms with E-state index in [9.17, 15) is 19.1 Å². The van der Waals surface area contributed by atoms with Crippen LogP contribution in [0.4, 0.5) is 4.39 Å². The Morgan fingerprint density at radius 3 is 2.24 bits per heavy atom. The van der Waals surface area contributed by atoms with Crippen molar-refractivity contribution in [1.29, 1.82) is 0 Å². The molecule has 3 atom stereocenters. The number of nitrogens with zero attached hydrogens (tertiary/aromatic N) is 2. The second-order valence-electron chi connectivity index (χ2n) is 7.71. The number of carbonyl (C=O) groups is 2. The summed E-state index contributed by atoms with van der Waals surface area (Å²) in [5.74, 6) is -1.21. The predicted octanol–water partition coefficient (Wildman–Crippen LogP) is 3.05. The molecule has 1 N–H and O–H groups in total. The van der Waals surface area contributed by atoms with Crippen molar-refractivity contribution in [1.82, 2.24) is 9.80 Å². The summed E-state index contributed by atoms with van der Waals surface area (Å²) in [7, 11) is 0. The molecule has 2 aromatic carbocycles. The fourth-order valence-electron chi connectivity index (χ4n) is 4.26. The number of benzene rings is 2. The van der Waals surface area contributed by atoms with Crippen LogP contribution >= 0.6 is 0 Å². The van der Waals surface area contributed by atoms with Gasteiger partial charge in [-0.15, -0.1) is 0 Å². The van der Waals surface area contributed by atoms with Gasteiger partial charge in [0.25, 0.3) is 5.91 Å². The number of rotatable bonds is 6. The maximum Gasteiger partial charge on any atom is 0.257 e. The fourth-order valence-corrected chi connectivity index (χ4v) is 4.26. The number of hydrogen-bond donors (Lipinski definition) is 1. The zero-order chi connectivity index (χ0) is 21.1. The molecule has 0 saturated carbocycles. The van der Waals surface area contributed by atoms with Gasteiger partial charge in [0, 0.05) is 25.4 Å². The van der Waals surface area contributed by atoms with Crippen molar-refractivity contribution in [3.63, 3.8) is 0 Å². The highest BCUT2D eigenvalue weighted by Crippen LogP contribution is 2.41. The predicted molar refractivity (Wildman–Crippen MR) is 109 cm³/mol. The number of likely N-dealkylation sites (tertiary alicyclic amines) is 1. The highest BCUT2D eigenvalue weighted by molar-refractivity contribution is 5.94. The van der Waals surface area contributed by atoms with Gasteiger partial charge in [0.05, 0.1) is 24.3 Å². The van der Waals surface area contributed by atoms with Gasteiger partial charge in [-0.05, 0) is 31.5 Å². The van der Waals surface area contributed by atoms with Crippen molar-refractivity contribution in [2.45, 2.75) is 44.8 Å². The van der Waals surface area contributed by atoms with Crippen LogP contribution in [0.15, 0.2) is 54.6 Å². The summed E-state index contributed by atoms with van der Waals surface area (Å²) >= 11 is 0. The number of carbonyl (C=O) groups excluding carboxylic acids is 2. The lowest BCUT2D eigenvalue weighted by Crippen LogP contribution is -2.68. The van der Waals surface area contributed by atoms with Crippen molar-refractivity contribution in [2.75, 3.05) is 13.2 Å². The molecule has 1 heterocycles. The molecule has 1 saturated heterocycles. The van der Waals surface area contributed by atoms with E-state index in [4.69, 9.17) is 0 Å². The number of halogens is 1. The molecule has 0 radical (unpaired) electrons. The lowest BCUT2D eigenvalue weighted by Gasteiger charge is -2.56. The molecule has 5 nitrogen and oxygen atoms in total. The third-order valence-electron chi connectivity index (χ3n) is 5.65. The Kier molecular flexibility index (Phi) is 6.33. The number of aliphatic hydroxyl groups excluding tert-OH is 1. The molecule has 154 valence electrons. The third-order valence-corrected chi connectivity index (χ3v) is 5.65. The maximum absolute atomic E-state index is 14.2. The van der Waals surface area contributed by atoms with Crippen molar-refractivity contribution in [3.8, 4) is 0 Å². The van der Waals surface area contributed by atoms with E-state index in [1.54, 1.807) is 21.9 Å². The van der Waals surface area contributed by atoms with Gasteiger partial charge < -0.3 is 14.9 Å². The van der Waals surface area contributed by atoms with Gasteiger partial charge in [-0.25, -0.2) is 4.39 Å². The molecule has 0 spiro atoms. The van der Waals surface area contributed by atoms with Crippen LogP contribution in [0.1, 0.15) is 42.6 Å². The van der Waals surface area contributed by atoms with Crippen LogP contribution in [-0.2, 0) is 4.79 Å². The van der Waals surface area contributed by atoms with Gasteiger partial charge in [-0.1, -0.05) is 42.5 Å². The number of amides is 2. The van der Waals surface area contributed by atoms with E-state index in [0.29, 0.717) is 0 Å². The second kappa shape index (κ2) is 8.74. The standard InChI is InChI=1S/C23H27FN2O3/c1-15(2)25(23(29)18-11-7-8-12-19(18)24)13-20-22(17-9-5-4-6-10-17)21(14-27)26(20)16(3)28/h4-12,15,20-22,27H,13-14H2,1-3H3/t20-,21+,22+/m0/s1. The fraction of sp³-hybridized carbons (Fsp3) is 0.391. The van der Waals surface area contributed by atoms with Gasteiger partial charge in [0.1, 0.15) is 5.82 Å². The summed E-state index contributed by atoms with van der Waals surface area (Å²) in [5, 5.41) is 9.90. The Bertz CT molecular complexity index is 871. The van der Waals surface area contributed by atoms with E-state index < -0.39 is 11.7 Å². The number of hydrogen-bond acceptors (Lipinski definition) is 3. The molecule has 0 bridgehead atoms. The first-order chi connectivity index (χ1) is 13.9. The smallest absolute Gasteiger partial charge is 0.257 e. The molecule has 0 aliphatic carbocycles. The van der Waals surface area contributed by atoms with E-state index >= 15 is 0 Å². The zero-order valence-corrected chi connectivity index (χ0v) is 17.0. The van der Waals surface area contributed by atoms with E-state index in [2.05, 4.69) is 0 Å². The van der Waals surface area contributed by atoms with Crippen molar-refractivity contribution >= 4 is 11.8 Å². The Morgan fingerprint density at radius 1 is 1.07 bits per heavy atom. The molecule has 1 aliphatic rings. The molecular formula is C23H27FN2O3. The van der Waals surface area contributed by atoms with E-state index in [0.717, 1.165) is 5.56 Å². The van der Waals surface area contributed by atoms with Crippen LogP contribution in [0.3, 0.4) is 0 Å². The van der Waals surface area contributed by atoms with Crippen LogP contribution < -0.4 is 0 Å². The Labute approximate surface area is 170 Å². The topological polar surface area (TPSA) is 60.9 Å². The minimum atomic E-state index is -0.562. The first-order valence-electron chi connectivity index (χ1n) is 9.87. The molecule has 2 amide bonds. The lowest BCUT2D eigenvalue weighted by atomic mass is 9.74. The van der Waals surface area contributed by atoms with Gasteiger partial charge >= 0.3 is 0 Å². The largest absolute Gasteiger partial charge is 0.394 e. The van der Waals surface area contributed by atoms with Crippen LogP contribution in [0.25, 0.3) is 0 Å². The quantitative estimate of drug-likeness (QED) is 0.814. The maximum atomic E-state index is 14.2. The van der Waals surface area contributed by atoms with Crippen LogP contribution in [0.2, 0.25) is 0 Å². The molecule has 1 aliphatic heterocycles. The summed E-state index contributed by atoms with van der Waals surface area (Å²) in [5.41, 5.74) is 1.03. The van der Waals surface area contributed by atoms with Crippen molar-refractivity contribution in [2.24, 2.45) is 0 Å². The normalized spacial score (nSPS) is 21.0. The first-order valence-corrected chi connectivity index (χ1v) is 9.87. The zero-order valence-electron chi connectivity index (χ0n) is 17.0. The summed E-state index contributed by atoms with van der Waals surface area (Å²) in [4.78, 5) is 28.6. The monoisotopic (exact) mass is 398 g/mol. The van der Waals surface area contributed by atoms with Crippen LogP contribution in [0.5, 0.6) is 0 Å². The summed E-state index contributed by atoms with van der Waals surface area (Å²) in [6.45, 7) is 5.32. The Balaban J connectivity index is 1.93. The second-order valence-corrected chi connectivity index (χ2v) is 7.71. The lowest BCUT2D eigenvalue weighted by molar-refractivity contribution is -0.149. The van der Waals surface area contributed by atoms with Crippen molar-refractivity contribution < 1.29 is 19.1 Å².